The number of halogens is 1. The molecule has 0 amide bonds. The van der Waals surface area contributed by atoms with E-state index >= 15 is 0 Å². The lowest BCUT2D eigenvalue weighted by molar-refractivity contribution is 0.119. The molecular formula is C16H26BrNO3. The molecule has 4 nitrogen and oxygen atoms in total. The van der Waals surface area contributed by atoms with Gasteiger partial charge in [0, 0.05) is 12.1 Å². The van der Waals surface area contributed by atoms with E-state index in [1.807, 2.05) is 19.1 Å². The van der Waals surface area contributed by atoms with Crippen LogP contribution < -0.4 is 14.8 Å². The Balaban J connectivity index is 2.94. The van der Waals surface area contributed by atoms with Crippen molar-refractivity contribution in [1.82, 2.24) is 5.32 Å². The minimum atomic E-state index is -0.520. The fourth-order valence-corrected chi connectivity index (χ4v) is 2.30. The highest BCUT2D eigenvalue weighted by Gasteiger charge is 2.15. The lowest BCUT2D eigenvalue weighted by Crippen LogP contribution is -2.35. The molecule has 0 saturated carbocycles. The van der Waals surface area contributed by atoms with Crippen LogP contribution in [0, 0.1) is 0 Å². The zero-order valence-electron chi connectivity index (χ0n) is 13.5. The third-order valence-electron chi connectivity index (χ3n) is 2.66. The molecule has 0 radical (unpaired) electrons. The third kappa shape index (κ3) is 6.68. The lowest BCUT2D eigenvalue weighted by Gasteiger charge is -2.22. The molecule has 1 unspecified atom stereocenters. The van der Waals surface area contributed by atoms with Crippen molar-refractivity contribution in [2.75, 3.05) is 13.2 Å². The topological polar surface area (TPSA) is 50.7 Å². The number of ether oxygens (including phenoxy) is 2. The molecule has 0 aromatic heterocycles. The summed E-state index contributed by atoms with van der Waals surface area (Å²) in [6.07, 6.45) is -0.520. The molecule has 0 aliphatic carbocycles. The first kappa shape index (κ1) is 18.3. The van der Waals surface area contributed by atoms with Crippen LogP contribution in [0.15, 0.2) is 16.6 Å². The van der Waals surface area contributed by atoms with Gasteiger partial charge in [-0.25, -0.2) is 0 Å². The molecule has 5 heteroatoms. The largest absolute Gasteiger partial charge is 0.490 e. The molecule has 0 fully saturated rings. The summed E-state index contributed by atoms with van der Waals surface area (Å²) in [5, 5.41) is 12.8. The van der Waals surface area contributed by atoms with E-state index in [4.69, 9.17) is 9.47 Å². The van der Waals surface area contributed by atoms with Crippen LogP contribution in [0.1, 0.15) is 40.2 Å². The van der Waals surface area contributed by atoms with Crippen LogP contribution in [0.25, 0.3) is 0 Å². The monoisotopic (exact) mass is 359 g/mol. The van der Waals surface area contributed by atoms with Gasteiger partial charge in [0.05, 0.1) is 17.2 Å². The van der Waals surface area contributed by atoms with E-state index < -0.39 is 6.10 Å². The fraction of sp³-hybridized carbons (Fsp3) is 0.625. The number of aliphatic hydroxyl groups is 1. The molecule has 120 valence electrons. The summed E-state index contributed by atoms with van der Waals surface area (Å²) >= 11 is 3.52. The average Bonchev–Trinajstić information content (AvgIpc) is 2.34. The van der Waals surface area contributed by atoms with Crippen molar-refractivity contribution >= 4 is 15.9 Å². The second-order valence-electron chi connectivity index (χ2n) is 6.10. The van der Waals surface area contributed by atoms with Crippen LogP contribution in [-0.4, -0.2) is 30.0 Å². The van der Waals surface area contributed by atoms with E-state index in [1.165, 1.54) is 0 Å². The minimum Gasteiger partial charge on any atom is -0.490 e. The summed E-state index contributed by atoms with van der Waals surface area (Å²) in [7, 11) is 0. The molecule has 21 heavy (non-hydrogen) atoms. The van der Waals surface area contributed by atoms with E-state index in [1.54, 1.807) is 6.92 Å². The first-order valence-corrected chi connectivity index (χ1v) is 8.03. The van der Waals surface area contributed by atoms with Crippen molar-refractivity contribution in [2.45, 2.75) is 52.8 Å². The van der Waals surface area contributed by atoms with Crippen molar-refractivity contribution in [3.63, 3.8) is 0 Å². The van der Waals surface area contributed by atoms with Crippen LogP contribution >= 0.6 is 15.9 Å². The maximum Gasteiger partial charge on any atom is 0.175 e. The fourth-order valence-electron chi connectivity index (χ4n) is 1.70. The molecule has 1 atom stereocenters. The van der Waals surface area contributed by atoms with Crippen molar-refractivity contribution in [2.24, 2.45) is 0 Å². The quantitative estimate of drug-likeness (QED) is 0.782. The lowest BCUT2D eigenvalue weighted by atomic mass is 10.1. The van der Waals surface area contributed by atoms with Gasteiger partial charge in [-0.05, 0) is 68.2 Å². The Labute approximate surface area is 136 Å². The van der Waals surface area contributed by atoms with Gasteiger partial charge in [0.2, 0.25) is 0 Å². The number of rotatable bonds is 7. The molecule has 1 aromatic rings. The van der Waals surface area contributed by atoms with Gasteiger partial charge in [0.1, 0.15) is 6.61 Å². The Morgan fingerprint density at radius 3 is 2.48 bits per heavy atom. The van der Waals surface area contributed by atoms with Gasteiger partial charge in [-0.15, -0.1) is 0 Å². The number of hydrogen-bond acceptors (Lipinski definition) is 4. The van der Waals surface area contributed by atoms with Crippen LogP contribution in [0.2, 0.25) is 0 Å². The maximum atomic E-state index is 9.36. The Morgan fingerprint density at radius 1 is 1.29 bits per heavy atom. The van der Waals surface area contributed by atoms with Gasteiger partial charge in [0.25, 0.3) is 0 Å². The molecule has 0 heterocycles. The highest BCUT2D eigenvalue weighted by Crippen LogP contribution is 2.37. The Bertz CT molecular complexity index is 456. The summed E-state index contributed by atoms with van der Waals surface area (Å²) in [6.45, 7) is 11.6. The normalized spacial score (nSPS) is 13.1. The van der Waals surface area contributed by atoms with E-state index in [2.05, 4.69) is 42.0 Å². The molecule has 1 aromatic carbocycles. The standard InChI is InChI=1S/C16H26BrNO3/c1-6-20-14-8-12(9-18-16(3,4)5)7-13(17)15(14)21-10-11(2)19/h7-8,11,18-19H,6,9-10H2,1-5H3. The van der Waals surface area contributed by atoms with Crippen molar-refractivity contribution < 1.29 is 14.6 Å². The van der Waals surface area contributed by atoms with Crippen LogP contribution in [-0.2, 0) is 6.54 Å². The van der Waals surface area contributed by atoms with Crippen LogP contribution in [0.5, 0.6) is 11.5 Å². The average molecular weight is 360 g/mol. The molecular weight excluding hydrogens is 334 g/mol. The summed E-state index contributed by atoms with van der Waals surface area (Å²) in [5.41, 5.74) is 1.17. The van der Waals surface area contributed by atoms with Crippen LogP contribution in [0.4, 0.5) is 0 Å². The molecule has 1 rings (SSSR count). The molecule has 0 aliphatic heterocycles. The minimum absolute atomic E-state index is 0.0553. The second kappa shape index (κ2) is 8.01. The zero-order valence-corrected chi connectivity index (χ0v) is 15.1. The summed E-state index contributed by atoms with van der Waals surface area (Å²) < 4.78 is 12.1. The SMILES string of the molecule is CCOc1cc(CNC(C)(C)C)cc(Br)c1OCC(C)O. The number of hydrogen-bond donors (Lipinski definition) is 2. The molecule has 0 aliphatic rings. The Morgan fingerprint density at radius 2 is 1.95 bits per heavy atom. The van der Waals surface area contributed by atoms with Crippen molar-refractivity contribution in [3.05, 3.63) is 22.2 Å². The Kier molecular flexibility index (Phi) is 6.97. The smallest absolute Gasteiger partial charge is 0.175 e. The summed E-state index contributed by atoms with van der Waals surface area (Å²) in [6, 6.07) is 3.99. The first-order chi connectivity index (χ1) is 9.73. The molecule has 0 bridgehead atoms. The molecule has 0 spiro atoms. The van der Waals surface area contributed by atoms with E-state index in [9.17, 15) is 5.11 Å². The maximum absolute atomic E-state index is 9.36. The molecule has 2 N–H and O–H groups in total. The van der Waals surface area contributed by atoms with Gasteiger partial charge in [0.15, 0.2) is 11.5 Å². The van der Waals surface area contributed by atoms with Gasteiger partial charge in [-0.2, -0.15) is 0 Å². The summed E-state index contributed by atoms with van der Waals surface area (Å²) in [5.74, 6) is 1.33. The van der Waals surface area contributed by atoms with Gasteiger partial charge in [-0.3, -0.25) is 0 Å². The van der Waals surface area contributed by atoms with Gasteiger partial charge < -0.3 is 19.9 Å². The van der Waals surface area contributed by atoms with Crippen LogP contribution in [0.3, 0.4) is 0 Å². The summed E-state index contributed by atoms with van der Waals surface area (Å²) in [4.78, 5) is 0. The van der Waals surface area contributed by atoms with E-state index in [-0.39, 0.29) is 12.1 Å². The van der Waals surface area contributed by atoms with E-state index in [0.717, 1.165) is 16.6 Å². The van der Waals surface area contributed by atoms with Gasteiger partial charge >= 0.3 is 0 Å². The highest BCUT2D eigenvalue weighted by atomic mass is 79.9. The number of nitrogens with one attached hydrogen (secondary N) is 1. The predicted molar refractivity (Wildman–Crippen MR) is 89.1 cm³/mol. The highest BCUT2D eigenvalue weighted by molar-refractivity contribution is 9.10. The Hall–Kier alpha value is -0.780. The van der Waals surface area contributed by atoms with Crippen molar-refractivity contribution in [1.29, 1.82) is 0 Å². The zero-order chi connectivity index (χ0) is 16.0. The third-order valence-corrected chi connectivity index (χ3v) is 3.25. The predicted octanol–water partition coefficient (Wildman–Crippen LogP) is 3.50. The van der Waals surface area contributed by atoms with Crippen molar-refractivity contribution in [3.8, 4) is 11.5 Å². The first-order valence-electron chi connectivity index (χ1n) is 7.24. The second-order valence-corrected chi connectivity index (χ2v) is 6.96. The number of benzene rings is 1. The van der Waals surface area contributed by atoms with Gasteiger partial charge in [-0.1, -0.05) is 0 Å². The number of aliphatic hydroxyl groups excluding tert-OH is 1. The van der Waals surface area contributed by atoms with E-state index in [0.29, 0.717) is 18.1 Å². The molecule has 0 saturated heterocycles.